The van der Waals surface area contributed by atoms with Crippen molar-refractivity contribution in [2.45, 2.75) is 41.0 Å². The largest absolute Gasteiger partial charge is 0.335 e. The number of carbonyl (C=O) groups excluding carboxylic acids is 3. The monoisotopic (exact) mass is 441 g/mol. The zero-order valence-corrected chi connectivity index (χ0v) is 19.5. The summed E-state index contributed by atoms with van der Waals surface area (Å²) in [5, 5.41) is 2.32. The van der Waals surface area contributed by atoms with Crippen LogP contribution >= 0.6 is 0 Å². The molecule has 1 N–H and O–H groups in total. The lowest BCUT2D eigenvalue weighted by molar-refractivity contribution is -0.122. The average molecular weight is 442 g/mol. The molecule has 0 aliphatic carbocycles. The van der Waals surface area contributed by atoms with Gasteiger partial charge in [0.2, 0.25) is 0 Å². The van der Waals surface area contributed by atoms with E-state index in [1.54, 1.807) is 18.2 Å². The van der Waals surface area contributed by atoms with Crippen LogP contribution in [0.4, 0.5) is 10.5 Å². The summed E-state index contributed by atoms with van der Waals surface area (Å²) in [7, 11) is 0. The van der Waals surface area contributed by atoms with Gasteiger partial charge in [0, 0.05) is 17.1 Å². The normalized spacial score (nSPS) is 15.4. The molecule has 1 saturated heterocycles. The van der Waals surface area contributed by atoms with Crippen molar-refractivity contribution >= 4 is 29.6 Å². The number of anilines is 1. The average Bonchev–Trinajstić information content (AvgIpc) is 3.06. The molecule has 0 spiro atoms. The summed E-state index contributed by atoms with van der Waals surface area (Å²) in [6.45, 7) is 9.83. The van der Waals surface area contributed by atoms with Gasteiger partial charge in [-0.3, -0.25) is 14.9 Å². The van der Waals surface area contributed by atoms with Crippen LogP contribution in [0.1, 0.15) is 40.6 Å². The van der Waals surface area contributed by atoms with E-state index in [2.05, 4.69) is 28.9 Å². The zero-order chi connectivity index (χ0) is 23.9. The van der Waals surface area contributed by atoms with E-state index in [1.165, 1.54) is 5.56 Å². The van der Waals surface area contributed by atoms with Crippen LogP contribution in [0.15, 0.2) is 54.1 Å². The minimum atomic E-state index is -0.738. The van der Waals surface area contributed by atoms with E-state index in [4.69, 9.17) is 0 Å². The number of para-hydroxylation sites is 1. The first-order chi connectivity index (χ1) is 15.7. The van der Waals surface area contributed by atoms with E-state index >= 15 is 0 Å². The fourth-order valence-corrected chi connectivity index (χ4v) is 4.34. The fraction of sp³-hybridized carbons (Fsp3) is 0.222. The molecule has 0 radical (unpaired) electrons. The molecule has 33 heavy (non-hydrogen) atoms. The van der Waals surface area contributed by atoms with E-state index in [9.17, 15) is 14.4 Å². The van der Waals surface area contributed by atoms with Crippen molar-refractivity contribution in [3.05, 3.63) is 87.7 Å². The second-order valence-corrected chi connectivity index (χ2v) is 8.32. The van der Waals surface area contributed by atoms with Crippen molar-refractivity contribution in [2.75, 3.05) is 4.90 Å². The van der Waals surface area contributed by atoms with Crippen LogP contribution in [0.3, 0.4) is 0 Å². The molecular formula is C27H27N3O3. The molecule has 1 aliphatic heterocycles. The van der Waals surface area contributed by atoms with Gasteiger partial charge in [-0.1, -0.05) is 37.3 Å². The molecule has 1 aromatic heterocycles. The number of imide groups is 2. The second kappa shape index (κ2) is 8.54. The smallest absolute Gasteiger partial charge is 0.318 e. The number of hydrogen-bond donors (Lipinski definition) is 1. The van der Waals surface area contributed by atoms with Gasteiger partial charge in [0.25, 0.3) is 11.8 Å². The Labute approximate surface area is 193 Å². The summed E-state index contributed by atoms with van der Waals surface area (Å²) < 4.78 is 2.13. The first kappa shape index (κ1) is 22.3. The number of aromatic nitrogens is 1. The fourth-order valence-electron chi connectivity index (χ4n) is 4.34. The van der Waals surface area contributed by atoms with Gasteiger partial charge in [0.05, 0.1) is 5.69 Å². The van der Waals surface area contributed by atoms with Gasteiger partial charge >= 0.3 is 6.03 Å². The number of amides is 4. The third-order valence-electron chi connectivity index (χ3n) is 6.30. The van der Waals surface area contributed by atoms with E-state index in [1.807, 2.05) is 52.0 Å². The van der Waals surface area contributed by atoms with Crippen molar-refractivity contribution < 1.29 is 14.4 Å². The molecule has 4 amide bonds. The Morgan fingerprint density at radius 1 is 0.909 bits per heavy atom. The third kappa shape index (κ3) is 3.78. The van der Waals surface area contributed by atoms with Crippen molar-refractivity contribution in [3.8, 4) is 5.69 Å². The molecule has 0 atom stereocenters. The lowest BCUT2D eigenvalue weighted by Gasteiger charge is -2.28. The predicted molar refractivity (Wildman–Crippen MR) is 130 cm³/mol. The molecule has 1 aliphatic rings. The molecule has 168 valence electrons. The number of barbiturate groups is 1. The zero-order valence-electron chi connectivity index (χ0n) is 19.5. The maximum Gasteiger partial charge on any atom is 0.335 e. The molecule has 6 heteroatoms. The Morgan fingerprint density at radius 3 is 2.33 bits per heavy atom. The first-order valence-corrected chi connectivity index (χ1v) is 11.0. The SMILES string of the molecule is CCc1ccccc1-n1c(C)cc(/C=C2\C(=O)NC(=O)N(c3cccc(C)c3C)C2=O)c1C. The van der Waals surface area contributed by atoms with Gasteiger partial charge in [0.15, 0.2) is 0 Å². The van der Waals surface area contributed by atoms with E-state index in [0.717, 1.165) is 45.1 Å². The number of carbonyl (C=O) groups is 3. The minimum Gasteiger partial charge on any atom is -0.318 e. The summed E-state index contributed by atoms with van der Waals surface area (Å²) >= 11 is 0. The molecule has 0 saturated carbocycles. The molecule has 2 heterocycles. The summed E-state index contributed by atoms with van der Waals surface area (Å²) in [4.78, 5) is 39.7. The van der Waals surface area contributed by atoms with Crippen LogP contribution in [-0.4, -0.2) is 22.4 Å². The maximum atomic E-state index is 13.4. The van der Waals surface area contributed by atoms with Gasteiger partial charge in [-0.15, -0.1) is 0 Å². The summed E-state index contributed by atoms with van der Waals surface area (Å²) in [6, 6.07) is 14.8. The standard InChI is InChI=1S/C27H27N3O3/c1-6-20-11-7-8-12-24(20)29-17(3)14-21(19(29)5)15-22-25(31)28-27(33)30(26(22)32)23-13-9-10-16(2)18(23)4/h7-15H,6H2,1-5H3,(H,28,31,33)/b22-15+. The number of hydrogen-bond acceptors (Lipinski definition) is 3. The van der Waals surface area contributed by atoms with E-state index in [-0.39, 0.29) is 5.57 Å². The van der Waals surface area contributed by atoms with Crippen LogP contribution < -0.4 is 10.2 Å². The molecule has 1 fully saturated rings. The molecular weight excluding hydrogens is 414 g/mol. The van der Waals surface area contributed by atoms with Crippen LogP contribution in [0.2, 0.25) is 0 Å². The van der Waals surface area contributed by atoms with Gasteiger partial charge < -0.3 is 4.57 Å². The summed E-state index contributed by atoms with van der Waals surface area (Å²) in [5.41, 5.74) is 7.11. The number of urea groups is 1. The first-order valence-electron chi connectivity index (χ1n) is 11.0. The van der Waals surface area contributed by atoms with Crippen molar-refractivity contribution in [1.29, 1.82) is 0 Å². The molecule has 2 aromatic carbocycles. The van der Waals surface area contributed by atoms with Crippen LogP contribution in [0.5, 0.6) is 0 Å². The van der Waals surface area contributed by atoms with Gasteiger partial charge in [-0.2, -0.15) is 0 Å². The van der Waals surface area contributed by atoms with Gasteiger partial charge in [0.1, 0.15) is 5.57 Å². The van der Waals surface area contributed by atoms with Crippen LogP contribution in [-0.2, 0) is 16.0 Å². The Balaban J connectivity index is 1.80. The highest BCUT2D eigenvalue weighted by atomic mass is 16.2. The highest BCUT2D eigenvalue weighted by molar-refractivity contribution is 6.39. The number of nitrogens with one attached hydrogen (secondary N) is 1. The number of aryl methyl sites for hydroxylation is 3. The van der Waals surface area contributed by atoms with E-state index in [0.29, 0.717) is 5.69 Å². The van der Waals surface area contributed by atoms with E-state index < -0.39 is 17.8 Å². The predicted octanol–water partition coefficient (Wildman–Crippen LogP) is 4.94. The maximum absolute atomic E-state index is 13.4. The Morgan fingerprint density at radius 2 is 1.61 bits per heavy atom. The summed E-state index contributed by atoms with van der Waals surface area (Å²) in [5.74, 6) is -1.32. The highest BCUT2D eigenvalue weighted by Gasteiger charge is 2.37. The quantitative estimate of drug-likeness (QED) is 0.460. The number of nitrogens with zero attached hydrogens (tertiary/aromatic N) is 2. The molecule has 0 unspecified atom stereocenters. The van der Waals surface area contributed by atoms with Crippen LogP contribution in [0.25, 0.3) is 11.8 Å². The van der Waals surface area contributed by atoms with Crippen molar-refractivity contribution in [2.24, 2.45) is 0 Å². The van der Waals surface area contributed by atoms with Gasteiger partial charge in [-0.25, -0.2) is 9.69 Å². The van der Waals surface area contributed by atoms with Gasteiger partial charge in [-0.05, 0) is 80.6 Å². The second-order valence-electron chi connectivity index (χ2n) is 8.32. The highest BCUT2D eigenvalue weighted by Crippen LogP contribution is 2.29. The molecule has 0 bridgehead atoms. The topological polar surface area (TPSA) is 71.4 Å². The molecule has 6 nitrogen and oxygen atoms in total. The Hall–Kier alpha value is -3.93. The van der Waals surface area contributed by atoms with Crippen molar-refractivity contribution in [3.63, 3.8) is 0 Å². The Bertz CT molecular complexity index is 1330. The Kier molecular flexibility index (Phi) is 5.77. The third-order valence-corrected chi connectivity index (χ3v) is 6.30. The number of rotatable bonds is 4. The number of benzene rings is 2. The van der Waals surface area contributed by atoms with Crippen molar-refractivity contribution in [1.82, 2.24) is 9.88 Å². The lowest BCUT2D eigenvalue weighted by Crippen LogP contribution is -2.54. The molecule has 3 aromatic rings. The minimum absolute atomic E-state index is 0.0699. The summed E-state index contributed by atoms with van der Waals surface area (Å²) in [6.07, 6.45) is 2.47. The molecule has 4 rings (SSSR count). The lowest BCUT2D eigenvalue weighted by atomic mass is 10.0. The van der Waals surface area contributed by atoms with Crippen LogP contribution in [0, 0.1) is 27.7 Å².